The molecule has 0 saturated heterocycles. The summed E-state index contributed by atoms with van der Waals surface area (Å²) in [4.78, 5) is 0. The molecule has 2 N–H and O–H groups in total. The zero-order valence-corrected chi connectivity index (χ0v) is 14.7. The molecule has 0 unspecified atom stereocenters. The molecule has 0 radical (unpaired) electrons. The van der Waals surface area contributed by atoms with Crippen LogP contribution in [0.1, 0.15) is 22.3 Å². The van der Waals surface area contributed by atoms with Crippen molar-refractivity contribution >= 4 is 0 Å². The van der Waals surface area contributed by atoms with Crippen LogP contribution in [0.4, 0.5) is 0 Å². The lowest BCUT2D eigenvalue weighted by atomic mass is 9.97. The summed E-state index contributed by atoms with van der Waals surface area (Å²) in [6.07, 6.45) is 5.26. The van der Waals surface area contributed by atoms with Gasteiger partial charge >= 0.3 is 0 Å². The van der Waals surface area contributed by atoms with Gasteiger partial charge in [-0.25, -0.2) is 0 Å². The van der Waals surface area contributed by atoms with Crippen LogP contribution in [0.5, 0.6) is 23.0 Å². The van der Waals surface area contributed by atoms with E-state index in [9.17, 15) is 10.2 Å². The van der Waals surface area contributed by atoms with E-state index in [1.54, 1.807) is 24.3 Å². The number of phenolic OH excluding ortho intramolecular Hbond substituents is 2. The van der Waals surface area contributed by atoms with E-state index in [0.29, 0.717) is 41.9 Å². The second-order valence-corrected chi connectivity index (χ2v) is 5.77. The Morgan fingerprint density at radius 3 is 1.52 bits per heavy atom. The number of hydrogen-bond donors (Lipinski definition) is 2. The molecule has 2 aromatic carbocycles. The van der Waals surface area contributed by atoms with Crippen LogP contribution < -0.4 is 9.47 Å². The first-order chi connectivity index (χ1) is 12.0. The average molecular weight is 340 g/mol. The molecule has 4 heteroatoms. The van der Waals surface area contributed by atoms with Gasteiger partial charge in [0.15, 0.2) is 23.0 Å². The molecule has 0 aliphatic heterocycles. The predicted octanol–water partition coefficient (Wildman–Crippen LogP) is 4.16. The summed E-state index contributed by atoms with van der Waals surface area (Å²) in [7, 11) is 3.03. The molecule has 0 aliphatic carbocycles. The molecule has 2 aromatic rings. The second kappa shape index (κ2) is 8.29. The lowest BCUT2D eigenvalue weighted by molar-refractivity contribution is 0.367. The van der Waals surface area contributed by atoms with Gasteiger partial charge in [-0.15, -0.1) is 13.2 Å². The maximum absolute atomic E-state index is 10.5. The van der Waals surface area contributed by atoms with Gasteiger partial charge in [0.2, 0.25) is 0 Å². The lowest BCUT2D eigenvalue weighted by Crippen LogP contribution is -1.98. The number of hydrogen-bond acceptors (Lipinski definition) is 4. The zero-order chi connectivity index (χ0) is 18.4. The van der Waals surface area contributed by atoms with Crippen LogP contribution in [0.3, 0.4) is 0 Å². The van der Waals surface area contributed by atoms with Crippen molar-refractivity contribution < 1.29 is 19.7 Å². The highest BCUT2D eigenvalue weighted by Gasteiger charge is 2.16. The van der Waals surface area contributed by atoms with Crippen molar-refractivity contribution in [2.75, 3.05) is 14.2 Å². The normalized spacial score (nSPS) is 10.3. The quantitative estimate of drug-likeness (QED) is 0.708. The van der Waals surface area contributed by atoms with E-state index < -0.39 is 0 Å². The minimum Gasteiger partial charge on any atom is -0.504 e. The number of rotatable bonds is 8. The molecular formula is C21H24O4. The van der Waals surface area contributed by atoms with Crippen molar-refractivity contribution in [3.05, 3.63) is 71.8 Å². The molecule has 132 valence electrons. The summed E-state index contributed by atoms with van der Waals surface area (Å²) in [5.74, 6) is 0.955. The van der Waals surface area contributed by atoms with E-state index in [1.165, 1.54) is 14.2 Å². The number of benzene rings is 2. The molecular weight excluding hydrogens is 316 g/mol. The van der Waals surface area contributed by atoms with Crippen molar-refractivity contribution in [2.24, 2.45) is 0 Å². The first-order valence-corrected chi connectivity index (χ1v) is 8.03. The van der Waals surface area contributed by atoms with Crippen LogP contribution in [-0.4, -0.2) is 24.4 Å². The molecule has 2 rings (SSSR count). The average Bonchev–Trinajstić information content (AvgIpc) is 2.60. The molecule has 0 aromatic heterocycles. The SMILES string of the molecule is C=CCc1cc(Cc2cc(CC=C)cc(OC)c2O)c(O)c(OC)c1. The van der Waals surface area contributed by atoms with Gasteiger partial charge in [-0.3, -0.25) is 0 Å². The number of aromatic hydroxyl groups is 2. The van der Waals surface area contributed by atoms with E-state index in [0.717, 1.165) is 11.1 Å². The number of methoxy groups -OCH3 is 2. The Hall–Kier alpha value is -2.88. The smallest absolute Gasteiger partial charge is 0.161 e. The number of ether oxygens (including phenoxy) is 2. The fourth-order valence-electron chi connectivity index (χ4n) is 2.81. The van der Waals surface area contributed by atoms with E-state index in [2.05, 4.69) is 13.2 Å². The Morgan fingerprint density at radius 2 is 1.20 bits per heavy atom. The molecule has 0 spiro atoms. The molecule has 0 saturated carbocycles. The molecule has 0 fully saturated rings. The third-order valence-electron chi connectivity index (χ3n) is 4.01. The molecule has 25 heavy (non-hydrogen) atoms. The summed E-state index contributed by atoms with van der Waals surface area (Å²) in [6, 6.07) is 7.36. The third-order valence-corrected chi connectivity index (χ3v) is 4.01. The van der Waals surface area contributed by atoms with E-state index in [4.69, 9.17) is 9.47 Å². The summed E-state index contributed by atoms with van der Waals surface area (Å²) < 4.78 is 10.5. The highest BCUT2D eigenvalue weighted by Crippen LogP contribution is 2.37. The Morgan fingerprint density at radius 1 is 0.800 bits per heavy atom. The fraction of sp³-hybridized carbons (Fsp3) is 0.238. The van der Waals surface area contributed by atoms with Crippen LogP contribution in [0, 0.1) is 0 Å². The van der Waals surface area contributed by atoms with E-state index in [-0.39, 0.29) is 11.5 Å². The maximum atomic E-state index is 10.5. The van der Waals surface area contributed by atoms with Gasteiger partial charge in [0.05, 0.1) is 14.2 Å². The third kappa shape index (κ3) is 4.15. The summed E-state index contributed by atoms with van der Waals surface area (Å²) >= 11 is 0. The molecule has 0 heterocycles. The Labute approximate surface area is 148 Å². The van der Waals surface area contributed by atoms with Gasteiger partial charge in [0.1, 0.15) is 0 Å². The fourth-order valence-corrected chi connectivity index (χ4v) is 2.81. The molecule has 0 atom stereocenters. The van der Waals surface area contributed by atoms with Crippen LogP contribution in [0.15, 0.2) is 49.6 Å². The summed E-state index contributed by atoms with van der Waals surface area (Å²) in [6.45, 7) is 7.49. The number of phenols is 2. The number of allylic oxidation sites excluding steroid dienone is 2. The van der Waals surface area contributed by atoms with Gasteiger partial charge in [0, 0.05) is 17.5 Å². The van der Waals surface area contributed by atoms with Crippen molar-refractivity contribution in [1.82, 2.24) is 0 Å². The zero-order valence-electron chi connectivity index (χ0n) is 14.7. The standard InChI is InChI=1S/C21H24O4/c1-5-7-14-9-16(20(22)18(11-14)24-3)13-17-10-15(8-6-2)12-19(25-4)21(17)23/h5-6,9-12,22-23H,1-2,7-8,13H2,3-4H3. The van der Waals surface area contributed by atoms with E-state index in [1.807, 2.05) is 12.1 Å². The van der Waals surface area contributed by atoms with Crippen molar-refractivity contribution in [2.45, 2.75) is 19.3 Å². The van der Waals surface area contributed by atoms with Crippen LogP contribution in [0.2, 0.25) is 0 Å². The first-order valence-electron chi connectivity index (χ1n) is 8.03. The van der Waals surface area contributed by atoms with Gasteiger partial charge in [-0.2, -0.15) is 0 Å². The first kappa shape index (κ1) is 18.5. The maximum Gasteiger partial charge on any atom is 0.161 e. The minimum absolute atomic E-state index is 0.0720. The highest BCUT2D eigenvalue weighted by atomic mass is 16.5. The Balaban J connectivity index is 2.51. The van der Waals surface area contributed by atoms with Crippen molar-refractivity contribution in [3.63, 3.8) is 0 Å². The minimum atomic E-state index is 0.0720. The molecule has 0 bridgehead atoms. The lowest BCUT2D eigenvalue weighted by Gasteiger charge is -2.15. The predicted molar refractivity (Wildman–Crippen MR) is 99.9 cm³/mol. The van der Waals surface area contributed by atoms with Crippen LogP contribution >= 0.6 is 0 Å². The highest BCUT2D eigenvalue weighted by molar-refractivity contribution is 5.55. The largest absolute Gasteiger partial charge is 0.504 e. The molecule has 4 nitrogen and oxygen atoms in total. The van der Waals surface area contributed by atoms with Crippen molar-refractivity contribution in [1.29, 1.82) is 0 Å². The van der Waals surface area contributed by atoms with Gasteiger partial charge in [-0.05, 0) is 36.1 Å². The van der Waals surface area contributed by atoms with Gasteiger partial charge < -0.3 is 19.7 Å². The van der Waals surface area contributed by atoms with Crippen LogP contribution in [0.25, 0.3) is 0 Å². The van der Waals surface area contributed by atoms with Crippen LogP contribution in [-0.2, 0) is 19.3 Å². The summed E-state index contributed by atoms with van der Waals surface area (Å²) in [5, 5.41) is 20.9. The second-order valence-electron chi connectivity index (χ2n) is 5.77. The van der Waals surface area contributed by atoms with Gasteiger partial charge in [-0.1, -0.05) is 24.3 Å². The van der Waals surface area contributed by atoms with Gasteiger partial charge in [0.25, 0.3) is 0 Å². The molecule has 0 aliphatic rings. The Kier molecular flexibility index (Phi) is 6.12. The topological polar surface area (TPSA) is 58.9 Å². The summed E-state index contributed by atoms with van der Waals surface area (Å²) in [5.41, 5.74) is 3.30. The van der Waals surface area contributed by atoms with Crippen molar-refractivity contribution in [3.8, 4) is 23.0 Å². The van der Waals surface area contributed by atoms with E-state index >= 15 is 0 Å². The monoisotopic (exact) mass is 340 g/mol. The Bertz CT molecular complexity index is 712. The molecule has 0 amide bonds.